The van der Waals surface area contributed by atoms with Crippen LogP contribution in [0.5, 0.6) is 5.75 Å². The SMILES string of the molecule is CCOCCN1C(=O)N[C@@](C)(CCc2ccc(OC)cc2)C1=O. The van der Waals surface area contributed by atoms with Gasteiger partial charge in [0.15, 0.2) is 0 Å². The van der Waals surface area contributed by atoms with Gasteiger partial charge in [-0.15, -0.1) is 0 Å². The number of rotatable bonds is 8. The zero-order chi connectivity index (χ0) is 16.9. The van der Waals surface area contributed by atoms with Crippen molar-refractivity contribution in [3.63, 3.8) is 0 Å². The van der Waals surface area contributed by atoms with Gasteiger partial charge in [-0.05, 0) is 44.4 Å². The number of benzene rings is 1. The summed E-state index contributed by atoms with van der Waals surface area (Å²) >= 11 is 0. The molecule has 2 rings (SSSR count). The van der Waals surface area contributed by atoms with Crippen LogP contribution in [0, 0.1) is 0 Å². The molecule has 23 heavy (non-hydrogen) atoms. The van der Waals surface area contributed by atoms with Crippen molar-refractivity contribution in [2.45, 2.75) is 32.2 Å². The lowest BCUT2D eigenvalue weighted by Crippen LogP contribution is -2.44. The number of nitrogens with zero attached hydrogens (tertiary/aromatic N) is 1. The van der Waals surface area contributed by atoms with Crippen LogP contribution in [0.4, 0.5) is 4.79 Å². The fraction of sp³-hybridized carbons (Fsp3) is 0.529. The van der Waals surface area contributed by atoms with Gasteiger partial charge >= 0.3 is 6.03 Å². The number of urea groups is 1. The normalized spacial score (nSPS) is 20.7. The van der Waals surface area contributed by atoms with Gasteiger partial charge in [0.05, 0.1) is 20.3 Å². The van der Waals surface area contributed by atoms with Crippen LogP contribution >= 0.6 is 0 Å². The van der Waals surface area contributed by atoms with Crippen LogP contribution in [0.3, 0.4) is 0 Å². The summed E-state index contributed by atoms with van der Waals surface area (Å²) in [5, 5.41) is 2.81. The predicted octanol–water partition coefficient (Wildman–Crippen LogP) is 1.97. The van der Waals surface area contributed by atoms with Crippen molar-refractivity contribution in [1.29, 1.82) is 0 Å². The molecule has 1 heterocycles. The van der Waals surface area contributed by atoms with E-state index in [1.54, 1.807) is 14.0 Å². The smallest absolute Gasteiger partial charge is 0.325 e. The topological polar surface area (TPSA) is 67.9 Å². The largest absolute Gasteiger partial charge is 0.497 e. The third-order valence-electron chi connectivity index (χ3n) is 4.08. The number of aryl methyl sites for hydroxylation is 1. The number of hydrogen-bond donors (Lipinski definition) is 1. The van der Waals surface area contributed by atoms with Gasteiger partial charge < -0.3 is 14.8 Å². The lowest BCUT2D eigenvalue weighted by atomic mass is 9.93. The minimum Gasteiger partial charge on any atom is -0.497 e. The predicted molar refractivity (Wildman–Crippen MR) is 86.5 cm³/mol. The summed E-state index contributed by atoms with van der Waals surface area (Å²) in [7, 11) is 1.62. The van der Waals surface area contributed by atoms with Crippen LogP contribution in [-0.2, 0) is 16.0 Å². The van der Waals surface area contributed by atoms with Gasteiger partial charge in [-0.1, -0.05) is 12.1 Å². The molecule has 1 aromatic rings. The van der Waals surface area contributed by atoms with E-state index < -0.39 is 5.54 Å². The molecule has 0 aliphatic carbocycles. The highest BCUT2D eigenvalue weighted by molar-refractivity contribution is 6.06. The molecule has 1 aliphatic rings. The third kappa shape index (κ3) is 4.01. The van der Waals surface area contributed by atoms with Crippen LogP contribution in [-0.4, -0.2) is 49.2 Å². The fourth-order valence-electron chi connectivity index (χ4n) is 2.61. The minimum absolute atomic E-state index is 0.185. The van der Waals surface area contributed by atoms with Gasteiger partial charge in [-0.3, -0.25) is 9.69 Å². The molecule has 1 aliphatic heterocycles. The molecule has 6 nitrogen and oxygen atoms in total. The van der Waals surface area contributed by atoms with Gasteiger partial charge in [0, 0.05) is 6.61 Å². The Labute approximate surface area is 136 Å². The van der Waals surface area contributed by atoms with Gasteiger partial charge in [-0.2, -0.15) is 0 Å². The first-order valence-electron chi connectivity index (χ1n) is 7.85. The molecule has 3 amide bonds. The maximum atomic E-state index is 12.5. The Kier molecular flexibility index (Phi) is 5.60. The number of methoxy groups -OCH3 is 1. The third-order valence-corrected chi connectivity index (χ3v) is 4.08. The van der Waals surface area contributed by atoms with Crippen LogP contribution in [0.15, 0.2) is 24.3 Å². The molecule has 1 aromatic carbocycles. The monoisotopic (exact) mass is 320 g/mol. The first kappa shape index (κ1) is 17.3. The van der Waals surface area contributed by atoms with Crippen molar-refractivity contribution >= 4 is 11.9 Å². The summed E-state index contributed by atoms with van der Waals surface area (Å²) in [4.78, 5) is 25.8. The second-order valence-corrected chi connectivity index (χ2v) is 5.76. The highest BCUT2D eigenvalue weighted by Gasteiger charge is 2.46. The maximum absolute atomic E-state index is 12.5. The highest BCUT2D eigenvalue weighted by Crippen LogP contribution is 2.23. The van der Waals surface area contributed by atoms with E-state index in [1.165, 1.54) is 4.90 Å². The molecule has 1 saturated heterocycles. The van der Waals surface area contributed by atoms with E-state index in [0.29, 0.717) is 26.1 Å². The molecule has 0 radical (unpaired) electrons. The summed E-state index contributed by atoms with van der Waals surface area (Å²) in [6.45, 7) is 4.88. The van der Waals surface area contributed by atoms with Gasteiger partial charge in [0.1, 0.15) is 11.3 Å². The summed E-state index contributed by atoms with van der Waals surface area (Å²) < 4.78 is 10.4. The number of imide groups is 1. The molecule has 0 spiro atoms. The molecule has 0 saturated carbocycles. The van der Waals surface area contributed by atoms with E-state index in [2.05, 4.69) is 5.32 Å². The van der Waals surface area contributed by atoms with Crippen molar-refractivity contribution < 1.29 is 19.1 Å². The zero-order valence-electron chi connectivity index (χ0n) is 13.9. The van der Waals surface area contributed by atoms with Gasteiger partial charge in [0.25, 0.3) is 5.91 Å². The van der Waals surface area contributed by atoms with Crippen molar-refractivity contribution in [3.8, 4) is 5.75 Å². The number of carbonyl (C=O) groups is 2. The van der Waals surface area contributed by atoms with Gasteiger partial charge in [-0.25, -0.2) is 4.79 Å². The lowest BCUT2D eigenvalue weighted by Gasteiger charge is -2.21. The number of amides is 3. The van der Waals surface area contributed by atoms with Crippen LogP contribution in [0.1, 0.15) is 25.8 Å². The quantitative estimate of drug-likeness (QED) is 0.587. The highest BCUT2D eigenvalue weighted by atomic mass is 16.5. The van der Waals surface area contributed by atoms with Crippen LogP contribution in [0.25, 0.3) is 0 Å². The first-order valence-corrected chi connectivity index (χ1v) is 7.85. The molecule has 1 N–H and O–H groups in total. The van der Waals surface area contributed by atoms with E-state index in [-0.39, 0.29) is 18.5 Å². The van der Waals surface area contributed by atoms with Crippen LogP contribution < -0.4 is 10.1 Å². The number of hydrogen-bond acceptors (Lipinski definition) is 4. The molecule has 1 fully saturated rings. The average molecular weight is 320 g/mol. The minimum atomic E-state index is -0.858. The lowest BCUT2D eigenvalue weighted by molar-refractivity contribution is -0.131. The zero-order valence-corrected chi connectivity index (χ0v) is 13.9. The molecule has 0 unspecified atom stereocenters. The molecule has 6 heteroatoms. The second kappa shape index (κ2) is 7.46. The number of ether oxygens (including phenoxy) is 2. The maximum Gasteiger partial charge on any atom is 0.325 e. The molecular weight excluding hydrogens is 296 g/mol. The van der Waals surface area contributed by atoms with Crippen molar-refractivity contribution in [2.24, 2.45) is 0 Å². The van der Waals surface area contributed by atoms with Gasteiger partial charge in [0.2, 0.25) is 0 Å². The van der Waals surface area contributed by atoms with Crippen molar-refractivity contribution in [2.75, 3.05) is 26.9 Å². The van der Waals surface area contributed by atoms with E-state index in [9.17, 15) is 9.59 Å². The van der Waals surface area contributed by atoms with Crippen molar-refractivity contribution in [1.82, 2.24) is 10.2 Å². The molecule has 0 aromatic heterocycles. The molecule has 1 atom stereocenters. The standard InChI is InChI=1S/C17H24N2O4/c1-4-23-12-11-19-15(20)17(2,18-16(19)21)10-9-13-5-7-14(22-3)8-6-13/h5-8H,4,9-12H2,1-3H3,(H,18,21)/t17-/m0/s1. The van der Waals surface area contributed by atoms with Crippen LogP contribution in [0.2, 0.25) is 0 Å². The Morgan fingerprint density at radius 3 is 2.52 bits per heavy atom. The van der Waals surface area contributed by atoms with E-state index in [1.807, 2.05) is 31.2 Å². The van der Waals surface area contributed by atoms with E-state index in [0.717, 1.165) is 11.3 Å². The van der Waals surface area contributed by atoms with E-state index >= 15 is 0 Å². The molecular formula is C17H24N2O4. The Morgan fingerprint density at radius 1 is 1.22 bits per heavy atom. The first-order chi connectivity index (χ1) is 11.0. The second-order valence-electron chi connectivity index (χ2n) is 5.76. The Bertz CT molecular complexity index is 558. The van der Waals surface area contributed by atoms with Crippen molar-refractivity contribution in [3.05, 3.63) is 29.8 Å². The van der Waals surface area contributed by atoms with E-state index in [4.69, 9.17) is 9.47 Å². The number of carbonyl (C=O) groups excluding carboxylic acids is 2. The number of nitrogens with one attached hydrogen (secondary N) is 1. The molecule has 0 bridgehead atoms. The fourth-order valence-corrected chi connectivity index (χ4v) is 2.61. The summed E-state index contributed by atoms with van der Waals surface area (Å²) in [5.41, 5.74) is 0.241. The Morgan fingerprint density at radius 2 is 1.91 bits per heavy atom. The Balaban J connectivity index is 1.95. The average Bonchev–Trinajstić information content (AvgIpc) is 2.77. The molecule has 126 valence electrons. The summed E-state index contributed by atoms with van der Waals surface area (Å²) in [6, 6.07) is 7.38. The Hall–Kier alpha value is -2.08. The summed E-state index contributed by atoms with van der Waals surface area (Å²) in [6.07, 6.45) is 1.25. The summed E-state index contributed by atoms with van der Waals surface area (Å²) in [5.74, 6) is 0.614.